The number of nitrogens with one attached hydrogen (secondary N) is 1. The summed E-state index contributed by atoms with van der Waals surface area (Å²) >= 11 is 0. The Kier molecular flexibility index (Phi) is 15.5. The van der Waals surface area contributed by atoms with Crippen LogP contribution in [0.1, 0.15) is 96.8 Å². The van der Waals surface area contributed by atoms with Crippen LogP contribution in [0.15, 0.2) is 0 Å². The van der Waals surface area contributed by atoms with Crippen LogP contribution in [-0.2, 0) is 14.9 Å². The van der Waals surface area contributed by atoms with E-state index in [-0.39, 0.29) is 12.5 Å². The minimum absolute atomic E-state index is 0.0802. The van der Waals surface area contributed by atoms with Gasteiger partial charge in [0, 0.05) is 13.0 Å². The van der Waals surface area contributed by atoms with Crippen molar-refractivity contribution in [1.29, 1.82) is 0 Å². The Morgan fingerprint density at radius 1 is 0.792 bits per heavy atom. The number of hydrogen-bond acceptors (Lipinski definition) is 4. The molecule has 0 aliphatic rings. The summed E-state index contributed by atoms with van der Waals surface area (Å²) in [7, 11) is -4.23. The van der Waals surface area contributed by atoms with Crippen LogP contribution in [0.2, 0.25) is 0 Å². The van der Waals surface area contributed by atoms with E-state index in [2.05, 4.69) is 12.2 Å². The minimum atomic E-state index is -4.23. The van der Waals surface area contributed by atoms with Crippen LogP contribution in [-0.4, -0.2) is 31.2 Å². The SMILES string of the molecule is CCCCCCCCCCCCCCCC(=O)NCCS(=O)(=O)[O-]. The van der Waals surface area contributed by atoms with Crippen molar-refractivity contribution in [3.63, 3.8) is 0 Å². The van der Waals surface area contributed by atoms with E-state index >= 15 is 0 Å². The molecular weight excluding hydrogens is 326 g/mol. The molecule has 0 saturated heterocycles. The van der Waals surface area contributed by atoms with Gasteiger partial charge in [-0.25, -0.2) is 8.42 Å². The predicted octanol–water partition coefficient (Wildman–Crippen LogP) is 4.13. The van der Waals surface area contributed by atoms with Gasteiger partial charge in [-0.05, 0) is 6.42 Å². The number of carbonyl (C=O) groups excluding carboxylic acids is 1. The standard InChI is InChI=1S/C18H37NO4S/c1-2-3-4-5-6-7-8-9-10-11-12-13-14-15-18(20)19-16-17-24(21,22)23/h2-17H2,1H3,(H,19,20)(H,21,22,23)/p-1. The zero-order valence-electron chi connectivity index (χ0n) is 15.4. The summed E-state index contributed by atoms with van der Waals surface area (Å²) in [6.07, 6.45) is 16.8. The Morgan fingerprint density at radius 3 is 1.62 bits per heavy atom. The van der Waals surface area contributed by atoms with Crippen molar-refractivity contribution in [2.24, 2.45) is 0 Å². The molecule has 24 heavy (non-hydrogen) atoms. The third kappa shape index (κ3) is 19.4. The Labute approximate surface area is 148 Å². The number of amides is 1. The smallest absolute Gasteiger partial charge is 0.220 e. The molecule has 0 aromatic carbocycles. The Morgan fingerprint density at radius 2 is 1.21 bits per heavy atom. The molecule has 5 nitrogen and oxygen atoms in total. The van der Waals surface area contributed by atoms with E-state index in [1.807, 2.05) is 0 Å². The first-order valence-electron chi connectivity index (χ1n) is 9.66. The molecule has 0 aliphatic heterocycles. The van der Waals surface area contributed by atoms with Crippen LogP contribution in [0.25, 0.3) is 0 Å². The first-order valence-corrected chi connectivity index (χ1v) is 11.2. The largest absolute Gasteiger partial charge is 0.748 e. The van der Waals surface area contributed by atoms with Crippen molar-refractivity contribution in [3.05, 3.63) is 0 Å². The lowest BCUT2D eigenvalue weighted by atomic mass is 10.0. The van der Waals surface area contributed by atoms with E-state index in [1.54, 1.807) is 0 Å². The van der Waals surface area contributed by atoms with Crippen LogP contribution in [0.5, 0.6) is 0 Å². The lowest BCUT2D eigenvalue weighted by Crippen LogP contribution is -2.28. The molecule has 144 valence electrons. The molecule has 0 saturated carbocycles. The third-order valence-corrected chi connectivity index (χ3v) is 4.89. The van der Waals surface area contributed by atoms with Crippen LogP contribution < -0.4 is 5.32 Å². The van der Waals surface area contributed by atoms with Crippen molar-refractivity contribution in [1.82, 2.24) is 5.32 Å². The quantitative estimate of drug-likeness (QED) is 0.311. The van der Waals surface area contributed by atoms with Gasteiger partial charge < -0.3 is 9.87 Å². The van der Waals surface area contributed by atoms with E-state index in [4.69, 9.17) is 0 Å². The predicted molar refractivity (Wildman–Crippen MR) is 97.9 cm³/mol. The third-order valence-electron chi connectivity index (χ3n) is 4.18. The summed E-state index contributed by atoms with van der Waals surface area (Å²) in [5, 5.41) is 2.46. The Hall–Kier alpha value is -0.620. The molecule has 0 aromatic rings. The fourth-order valence-electron chi connectivity index (χ4n) is 2.71. The van der Waals surface area contributed by atoms with Gasteiger partial charge in [0.2, 0.25) is 5.91 Å². The molecule has 0 bridgehead atoms. The highest BCUT2D eigenvalue weighted by Gasteiger charge is 2.02. The lowest BCUT2D eigenvalue weighted by molar-refractivity contribution is -0.121. The summed E-state index contributed by atoms with van der Waals surface area (Å²) in [4.78, 5) is 11.4. The molecule has 0 atom stereocenters. The molecule has 0 radical (unpaired) electrons. The molecule has 0 aromatic heterocycles. The van der Waals surface area contributed by atoms with Gasteiger partial charge in [-0.3, -0.25) is 4.79 Å². The maximum absolute atomic E-state index is 11.4. The maximum Gasteiger partial charge on any atom is 0.220 e. The molecule has 1 N–H and O–H groups in total. The first-order chi connectivity index (χ1) is 11.5. The molecule has 0 rings (SSSR count). The zero-order chi connectivity index (χ0) is 18.1. The summed E-state index contributed by atoms with van der Waals surface area (Å²) in [5.41, 5.74) is 0. The highest BCUT2D eigenvalue weighted by atomic mass is 32.2. The van der Waals surface area contributed by atoms with Gasteiger partial charge >= 0.3 is 0 Å². The minimum Gasteiger partial charge on any atom is -0.748 e. The van der Waals surface area contributed by atoms with Gasteiger partial charge in [0.05, 0.1) is 15.9 Å². The number of rotatable bonds is 17. The van der Waals surface area contributed by atoms with Crippen molar-refractivity contribution < 1.29 is 17.8 Å². The molecule has 6 heteroatoms. The number of unbranched alkanes of at least 4 members (excludes halogenated alkanes) is 12. The molecule has 0 spiro atoms. The summed E-state index contributed by atoms with van der Waals surface area (Å²) < 4.78 is 31.2. The van der Waals surface area contributed by atoms with Gasteiger partial charge in [0.1, 0.15) is 0 Å². The molecule has 0 fully saturated rings. The fourth-order valence-corrected chi connectivity index (χ4v) is 3.06. The van der Waals surface area contributed by atoms with E-state index < -0.39 is 15.9 Å². The topological polar surface area (TPSA) is 86.3 Å². The number of hydrogen-bond donors (Lipinski definition) is 1. The fraction of sp³-hybridized carbons (Fsp3) is 0.944. The van der Waals surface area contributed by atoms with Gasteiger partial charge in [0.15, 0.2) is 0 Å². The molecular formula is C18H36NO4S-. The van der Waals surface area contributed by atoms with Gasteiger partial charge in [-0.1, -0.05) is 84.0 Å². The number of carbonyl (C=O) groups is 1. The second-order valence-electron chi connectivity index (χ2n) is 6.60. The van der Waals surface area contributed by atoms with E-state index in [9.17, 15) is 17.8 Å². The van der Waals surface area contributed by atoms with E-state index in [0.29, 0.717) is 6.42 Å². The average molecular weight is 363 g/mol. The summed E-state index contributed by atoms with van der Waals surface area (Å²) in [6, 6.07) is 0. The van der Waals surface area contributed by atoms with Crippen molar-refractivity contribution in [2.45, 2.75) is 96.8 Å². The van der Waals surface area contributed by atoms with Crippen LogP contribution in [0.4, 0.5) is 0 Å². The van der Waals surface area contributed by atoms with Crippen molar-refractivity contribution in [2.75, 3.05) is 12.3 Å². The summed E-state index contributed by atoms with van der Waals surface area (Å²) in [5.74, 6) is -0.695. The monoisotopic (exact) mass is 362 g/mol. The average Bonchev–Trinajstić information content (AvgIpc) is 2.50. The Balaban J connectivity index is 3.20. The Bertz CT molecular complexity index is 396. The second kappa shape index (κ2) is 15.9. The first kappa shape index (κ1) is 23.4. The van der Waals surface area contributed by atoms with Crippen molar-refractivity contribution >= 4 is 16.0 Å². The van der Waals surface area contributed by atoms with Crippen LogP contribution in [0, 0.1) is 0 Å². The zero-order valence-corrected chi connectivity index (χ0v) is 16.2. The normalized spacial score (nSPS) is 11.6. The van der Waals surface area contributed by atoms with Crippen LogP contribution >= 0.6 is 0 Å². The van der Waals surface area contributed by atoms with Crippen LogP contribution in [0.3, 0.4) is 0 Å². The van der Waals surface area contributed by atoms with Crippen molar-refractivity contribution in [3.8, 4) is 0 Å². The van der Waals surface area contributed by atoms with Gasteiger partial charge in [-0.15, -0.1) is 0 Å². The van der Waals surface area contributed by atoms with Gasteiger partial charge in [0.25, 0.3) is 0 Å². The van der Waals surface area contributed by atoms with E-state index in [0.717, 1.165) is 19.3 Å². The van der Waals surface area contributed by atoms with E-state index in [1.165, 1.54) is 64.2 Å². The summed E-state index contributed by atoms with van der Waals surface area (Å²) in [6.45, 7) is 2.16. The molecule has 0 aliphatic carbocycles. The molecule has 0 unspecified atom stereocenters. The highest BCUT2D eigenvalue weighted by Crippen LogP contribution is 2.12. The van der Waals surface area contributed by atoms with Gasteiger partial charge in [-0.2, -0.15) is 0 Å². The molecule has 0 heterocycles. The second-order valence-corrected chi connectivity index (χ2v) is 8.13. The lowest BCUT2D eigenvalue weighted by Gasteiger charge is -2.08. The molecule has 1 amide bonds. The highest BCUT2D eigenvalue weighted by molar-refractivity contribution is 7.85. The maximum atomic E-state index is 11.4.